The van der Waals surface area contributed by atoms with Gasteiger partial charge in [0.1, 0.15) is 12.7 Å². The van der Waals surface area contributed by atoms with Crippen molar-refractivity contribution in [2.24, 2.45) is 0 Å². The van der Waals surface area contributed by atoms with E-state index in [4.69, 9.17) is 18.4 Å². The van der Waals surface area contributed by atoms with Crippen molar-refractivity contribution < 1.29 is 31.6 Å². The maximum Gasteiger partial charge on any atom is 0.338 e. The van der Waals surface area contributed by atoms with Crippen LogP contribution >= 0.6 is 0 Å². The number of carbonyl (C=O) groups excluding carboxylic acids is 1. The minimum atomic E-state index is -3.93. The van der Waals surface area contributed by atoms with Crippen LogP contribution in [0.4, 0.5) is 0 Å². The predicted molar refractivity (Wildman–Crippen MR) is 78.0 cm³/mol. The van der Waals surface area contributed by atoms with Crippen LogP contribution in [0.25, 0.3) is 0 Å². The van der Waals surface area contributed by atoms with Gasteiger partial charge in [-0.15, -0.1) is 0 Å². The van der Waals surface area contributed by atoms with E-state index in [0.717, 1.165) is 5.56 Å². The third kappa shape index (κ3) is 3.25. The monoisotopic (exact) mass is 342 g/mol. The van der Waals surface area contributed by atoms with Gasteiger partial charge in [0, 0.05) is 0 Å². The van der Waals surface area contributed by atoms with Gasteiger partial charge in [-0.1, -0.05) is 17.7 Å². The molecule has 0 radical (unpaired) electrons. The van der Waals surface area contributed by atoms with E-state index in [0.29, 0.717) is 0 Å². The molecule has 0 N–H and O–H groups in total. The number of hydrogen-bond donors (Lipinski definition) is 0. The minimum absolute atomic E-state index is 0.0490. The number of cyclic esters (lactones) is 1. The number of fused-ring (bicyclic) bond motifs is 1. The van der Waals surface area contributed by atoms with Gasteiger partial charge in [0.2, 0.25) is 0 Å². The Kier molecular flexibility index (Phi) is 3.96. The van der Waals surface area contributed by atoms with E-state index in [1.165, 1.54) is 12.1 Å². The second-order valence-electron chi connectivity index (χ2n) is 6.05. The zero-order valence-corrected chi connectivity index (χ0v) is 13.8. The lowest BCUT2D eigenvalue weighted by atomic mass is 10.1. The maximum atomic E-state index is 12.2. The lowest BCUT2D eigenvalue weighted by molar-refractivity contribution is -0.188. The van der Waals surface area contributed by atoms with E-state index in [-0.39, 0.29) is 11.5 Å². The summed E-state index contributed by atoms with van der Waals surface area (Å²) in [6, 6.07) is 6.29. The molecule has 0 bridgehead atoms. The molecule has 1 aromatic rings. The summed E-state index contributed by atoms with van der Waals surface area (Å²) in [5.41, 5.74) is 0.940. The van der Waals surface area contributed by atoms with Crippen molar-refractivity contribution in [2.45, 2.75) is 49.8 Å². The van der Waals surface area contributed by atoms with E-state index in [9.17, 15) is 13.2 Å². The molecule has 8 heteroatoms. The van der Waals surface area contributed by atoms with E-state index in [1.54, 1.807) is 26.0 Å². The molecule has 3 rings (SSSR count). The molecule has 0 aliphatic carbocycles. The molecule has 0 spiro atoms. The highest BCUT2D eigenvalue weighted by Gasteiger charge is 2.56. The highest BCUT2D eigenvalue weighted by atomic mass is 32.2. The Morgan fingerprint density at radius 2 is 1.83 bits per heavy atom. The average Bonchev–Trinajstić information content (AvgIpc) is 2.92. The van der Waals surface area contributed by atoms with Crippen molar-refractivity contribution >= 4 is 16.1 Å². The number of rotatable bonds is 4. The molecule has 2 saturated heterocycles. The first-order valence-electron chi connectivity index (χ1n) is 7.20. The number of aryl methyl sites for hydroxylation is 1. The summed E-state index contributed by atoms with van der Waals surface area (Å²) in [6.45, 7) is 4.90. The SMILES string of the molecule is Cc1ccc(S(=O)(=O)OC[C@H]2OC(=O)[C@@H]3OC(C)(C)O[C@@H]23)cc1. The molecule has 2 heterocycles. The largest absolute Gasteiger partial charge is 0.455 e. The van der Waals surface area contributed by atoms with Crippen LogP contribution in [0.5, 0.6) is 0 Å². The summed E-state index contributed by atoms with van der Waals surface area (Å²) in [6.07, 6.45) is -2.35. The van der Waals surface area contributed by atoms with Gasteiger partial charge in [-0.3, -0.25) is 4.18 Å². The molecule has 23 heavy (non-hydrogen) atoms. The van der Waals surface area contributed by atoms with Crippen molar-refractivity contribution in [3.05, 3.63) is 29.8 Å². The average molecular weight is 342 g/mol. The van der Waals surface area contributed by atoms with Crippen LogP contribution in [-0.2, 0) is 33.3 Å². The summed E-state index contributed by atoms with van der Waals surface area (Å²) in [7, 11) is -3.93. The number of hydrogen-bond acceptors (Lipinski definition) is 7. The van der Waals surface area contributed by atoms with Crippen LogP contribution in [-0.4, -0.2) is 45.1 Å². The van der Waals surface area contributed by atoms with Crippen LogP contribution in [0, 0.1) is 6.92 Å². The Bertz CT molecular complexity index is 708. The highest BCUT2D eigenvalue weighted by molar-refractivity contribution is 7.86. The maximum absolute atomic E-state index is 12.2. The lowest BCUT2D eigenvalue weighted by Crippen LogP contribution is -2.33. The Hall–Kier alpha value is -1.48. The number of esters is 1. The topological polar surface area (TPSA) is 88.1 Å². The number of ether oxygens (including phenoxy) is 3. The Morgan fingerprint density at radius 3 is 2.48 bits per heavy atom. The quantitative estimate of drug-likeness (QED) is 0.599. The van der Waals surface area contributed by atoms with Crippen molar-refractivity contribution in [3.8, 4) is 0 Å². The van der Waals surface area contributed by atoms with Crippen LogP contribution in [0.15, 0.2) is 29.2 Å². The molecule has 2 aliphatic rings. The third-order valence-corrected chi connectivity index (χ3v) is 4.99. The van der Waals surface area contributed by atoms with Gasteiger partial charge >= 0.3 is 5.97 Å². The van der Waals surface area contributed by atoms with Crippen LogP contribution in [0.3, 0.4) is 0 Å². The predicted octanol–water partition coefficient (Wildman–Crippen LogP) is 1.15. The molecule has 3 atom stereocenters. The standard InChI is InChI=1S/C15H18O7S/c1-9-4-6-10(7-5-9)23(17,18)19-8-11-12-13(14(16)20-11)22-15(2,3)21-12/h4-7,11-13H,8H2,1-3H3/t11-,12+,13-/m1/s1. The molecule has 0 unspecified atom stereocenters. The molecular formula is C15H18O7S. The van der Waals surface area contributed by atoms with E-state index in [1.807, 2.05) is 6.92 Å². The minimum Gasteiger partial charge on any atom is -0.455 e. The van der Waals surface area contributed by atoms with Crippen molar-refractivity contribution in [1.82, 2.24) is 0 Å². The van der Waals surface area contributed by atoms with Crippen LogP contribution in [0.1, 0.15) is 19.4 Å². The molecule has 7 nitrogen and oxygen atoms in total. The fourth-order valence-electron chi connectivity index (χ4n) is 2.59. The molecule has 0 amide bonds. The molecular weight excluding hydrogens is 324 g/mol. The summed E-state index contributed by atoms with van der Waals surface area (Å²) in [5.74, 6) is -1.48. The zero-order valence-electron chi connectivity index (χ0n) is 13.0. The van der Waals surface area contributed by atoms with Crippen molar-refractivity contribution in [1.29, 1.82) is 0 Å². The second-order valence-corrected chi connectivity index (χ2v) is 7.66. The van der Waals surface area contributed by atoms with Crippen molar-refractivity contribution in [2.75, 3.05) is 6.61 Å². The van der Waals surface area contributed by atoms with E-state index < -0.39 is 40.2 Å². The number of benzene rings is 1. The van der Waals surface area contributed by atoms with Crippen LogP contribution < -0.4 is 0 Å². The van der Waals surface area contributed by atoms with Gasteiger partial charge in [0.05, 0.1) is 4.90 Å². The molecule has 2 aliphatic heterocycles. The van der Waals surface area contributed by atoms with Gasteiger partial charge in [-0.05, 0) is 32.9 Å². The van der Waals surface area contributed by atoms with E-state index >= 15 is 0 Å². The molecule has 2 fully saturated rings. The summed E-state index contributed by atoms with van der Waals surface area (Å²) < 4.78 is 45.5. The van der Waals surface area contributed by atoms with Gasteiger partial charge in [-0.25, -0.2) is 4.79 Å². The van der Waals surface area contributed by atoms with Gasteiger partial charge < -0.3 is 14.2 Å². The van der Waals surface area contributed by atoms with Crippen molar-refractivity contribution in [3.63, 3.8) is 0 Å². The first-order valence-corrected chi connectivity index (χ1v) is 8.61. The first-order chi connectivity index (χ1) is 10.7. The normalized spacial score (nSPS) is 29.3. The summed E-state index contributed by atoms with van der Waals surface area (Å²) in [4.78, 5) is 11.8. The van der Waals surface area contributed by atoms with Crippen LogP contribution in [0.2, 0.25) is 0 Å². The van der Waals surface area contributed by atoms with Gasteiger partial charge in [0.15, 0.2) is 18.0 Å². The van der Waals surface area contributed by atoms with Gasteiger partial charge in [0.25, 0.3) is 10.1 Å². The molecule has 0 aromatic heterocycles. The molecule has 1 aromatic carbocycles. The Labute approximate surface area is 134 Å². The first kappa shape index (κ1) is 16.4. The Morgan fingerprint density at radius 1 is 1.17 bits per heavy atom. The van der Waals surface area contributed by atoms with E-state index in [2.05, 4.69) is 0 Å². The smallest absolute Gasteiger partial charge is 0.338 e. The molecule has 126 valence electrons. The third-order valence-electron chi connectivity index (χ3n) is 3.69. The fourth-order valence-corrected chi connectivity index (χ4v) is 3.50. The van der Waals surface area contributed by atoms with Gasteiger partial charge in [-0.2, -0.15) is 8.42 Å². The molecule has 0 saturated carbocycles. The summed E-state index contributed by atoms with van der Waals surface area (Å²) >= 11 is 0. The second kappa shape index (κ2) is 5.55. The summed E-state index contributed by atoms with van der Waals surface area (Å²) in [5, 5.41) is 0. The lowest BCUT2D eigenvalue weighted by Gasteiger charge is -2.21. The highest BCUT2D eigenvalue weighted by Crippen LogP contribution is 2.36. The zero-order chi connectivity index (χ0) is 16.8. The number of carbonyl (C=O) groups is 1. The Balaban J connectivity index is 1.68. The fraction of sp³-hybridized carbons (Fsp3) is 0.533.